The lowest BCUT2D eigenvalue weighted by molar-refractivity contribution is 0.0992. The van der Waals surface area contributed by atoms with Crippen LogP contribution in [0.25, 0.3) is 0 Å². The third-order valence-electron chi connectivity index (χ3n) is 1.97. The molecule has 2 heterocycles. The number of Topliss-reactive ketones (excluding diaryl/α,β-unsaturated/α-hetero) is 1. The van der Waals surface area contributed by atoms with Gasteiger partial charge in [-0.1, -0.05) is 0 Å². The molecule has 0 aliphatic carbocycles. The largest absolute Gasteiger partial charge is 0.472 e. The highest BCUT2D eigenvalue weighted by Gasteiger charge is 2.09. The average Bonchev–Trinajstić information content (AvgIpc) is 2.75. The first-order valence-corrected chi connectivity index (χ1v) is 4.28. The molecule has 0 atom stereocenters. The molecule has 0 bridgehead atoms. The minimum absolute atomic E-state index is 0.0551. The minimum Gasteiger partial charge on any atom is -0.472 e. The maximum atomic E-state index is 11.6. The van der Waals surface area contributed by atoms with Crippen molar-refractivity contribution in [1.29, 1.82) is 0 Å². The van der Waals surface area contributed by atoms with Crippen LogP contribution in [0.3, 0.4) is 0 Å². The first-order chi connectivity index (χ1) is 6.75. The highest BCUT2D eigenvalue weighted by atomic mass is 16.3. The zero-order valence-electron chi connectivity index (χ0n) is 7.80. The molecule has 72 valence electrons. The zero-order chi connectivity index (χ0) is 9.97. The van der Waals surface area contributed by atoms with Crippen LogP contribution in [0.4, 0.5) is 0 Å². The molecule has 0 aromatic carbocycles. The molecule has 0 spiro atoms. The van der Waals surface area contributed by atoms with Gasteiger partial charge >= 0.3 is 0 Å². The van der Waals surface area contributed by atoms with E-state index in [0.717, 1.165) is 5.56 Å². The van der Waals surface area contributed by atoms with Gasteiger partial charge in [0.25, 0.3) is 0 Å². The molecule has 14 heavy (non-hydrogen) atoms. The molecule has 4 heteroatoms. The second kappa shape index (κ2) is 3.49. The molecular weight excluding hydrogens is 180 g/mol. The number of ketones is 1. The third kappa shape index (κ3) is 1.74. The van der Waals surface area contributed by atoms with Crippen LogP contribution in [0, 0.1) is 0 Å². The molecule has 0 amide bonds. The van der Waals surface area contributed by atoms with Gasteiger partial charge in [-0.05, 0) is 11.6 Å². The van der Waals surface area contributed by atoms with Crippen LogP contribution in [0.15, 0.2) is 35.4 Å². The van der Waals surface area contributed by atoms with Crippen LogP contribution in [0.1, 0.15) is 15.9 Å². The number of aromatic nitrogens is 2. The summed E-state index contributed by atoms with van der Waals surface area (Å²) in [7, 11) is 1.79. The number of furan rings is 1. The van der Waals surface area contributed by atoms with Crippen molar-refractivity contribution < 1.29 is 9.21 Å². The van der Waals surface area contributed by atoms with Crippen molar-refractivity contribution in [1.82, 2.24) is 9.78 Å². The fourth-order valence-corrected chi connectivity index (χ4v) is 1.25. The van der Waals surface area contributed by atoms with Crippen LogP contribution < -0.4 is 0 Å². The summed E-state index contributed by atoms with van der Waals surface area (Å²) in [6.07, 6.45) is 6.78. The van der Waals surface area contributed by atoms with E-state index in [4.69, 9.17) is 4.42 Å². The lowest BCUT2D eigenvalue weighted by Gasteiger charge is -1.92. The Balaban J connectivity index is 2.10. The molecule has 0 unspecified atom stereocenters. The summed E-state index contributed by atoms with van der Waals surface area (Å²) in [5.41, 5.74) is 1.52. The fraction of sp³-hybridized carbons (Fsp3) is 0.200. The Hall–Kier alpha value is -1.84. The summed E-state index contributed by atoms with van der Waals surface area (Å²) >= 11 is 0. The normalized spacial score (nSPS) is 10.4. The predicted octanol–water partition coefficient (Wildman–Crippen LogP) is 1.44. The second-order valence-corrected chi connectivity index (χ2v) is 3.13. The number of rotatable bonds is 3. The van der Waals surface area contributed by atoms with Gasteiger partial charge in [-0.3, -0.25) is 9.48 Å². The molecule has 0 saturated heterocycles. The van der Waals surface area contributed by atoms with Gasteiger partial charge in [0.2, 0.25) is 0 Å². The van der Waals surface area contributed by atoms with Crippen molar-refractivity contribution >= 4 is 5.78 Å². The van der Waals surface area contributed by atoms with Crippen molar-refractivity contribution in [2.24, 2.45) is 7.05 Å². The van der Waals surface area contributed by atoms with E-state index in [-0.39, 0.29) is 5.78 Å². The smallest absolute Gasteiger partial charge is 0.170 e. The highest BCUT2D eigenvalue weighted by molar-refractivity contribution is 5.96. The van der Waals surface area contributed by atoms with Crippen LogP contribution in [-0.4, -0.2) is 15.6 Å². The number of aryl methyl sites for hydroxylation is 1. The maximum Gasteiger partial charge on any atom is 0.170 e. The van der Waals surface area contributed by atoms with Gasteiger partial charge in [0.1, 0.15) is 0 Å². The molecule has 2 aromatic rings. The van der Waals surface area contributed by atoms with Gasteiger partial charge in [0.05, 0.1) is 24.3 Å². The summed E-state index contributed by atoms with van der Waals surface area (Å²) in [5, 5.41) is 3.94. The lowest BCUT2D eigenvalue weighted by Crippen LogP contribution is -2.01. The van der Waals surface area contributed by atoms with E-state index in [0.29, 0.717) is 12.0 Å². The summed E-state index contributed by atoms with van der Waals surface area (Å²) in [6.45, 7) is 0. The number of hydrogen-bond donors (Lipinski definition) is 0. The summed E-state index contributed by atoms with van der Waals surface area (Å²) in [6, 6.07) is 1.79. The van der Waals surface area contributed by atoms with Gasteiger partial charge in [0.15, 0.2) is 5.78 Å². The van der Waals surface area contributed by atoms with Crippen LogP contribution in [-0.2, 0) is 13.5 Å². The van der Waals surface area contributed by atoms with Crippen LogP contribution in [0.5, 0.6) is 0 Å². The number of nitrogens with zero attached hydrogens (tertiary/aromatic N) is 2. The molecule has 0 radical (unpaired) electrons. The summed E-state index contributed by atoms with van der Waals surface area (Å²) < 4.78 is 6.50. The van der Waals surface area contributed by atoms with E-state index in [2.05, 4.69) is 5.10 Å². The Morgan fingerprint density at radius 2 is 2.50 bits per heavy atom. The van der Waals surface area contributed by atoms with Crippen molar-refractivity contribution in [3.63, 3.8) is 0 Å². The molecule has 0 saturated carbocycles. The van der Waals surface area contributed by atoms with E-state index in [9.17, 15) is 4.79 Å². The third-order valence-corrected chi connectivity index (χ3v) is 1.97. The van der Waals surface area contributed by atoms with Crippen LogP contribution in [0.2, 0.25) is 0 Å². The molecular formula is C10H10N2O2. The maximum absolute atomic E-state index is 11.6. The SMILES string of the molecule is Cn1cc(C(=O)Cc2ccoc2)cn1. The predicted molar refractivity (Wildman–Crippen MR) is 50.0 cm³/mol. The molecule has 0 N–H and O–H groups in total. The number of hydrogen-bond acceptors (Lipinski definition) is 3. The average molecular weight is 190 g/mol. The quantitative estimate of drug-likeness (QED) is 0.688. The van der Waals surface area contributed by atoms with Gasteiger partial charge in [-0.25, -0.2) is 0 Å². The molecule has 4 nitrogen and oxygen atoms in total. The Kier molecular flexibility index (Phi) is 2.18. The first-order valence-electron chi connectivity index (χ1n) is 4.28. The van der Waals surface area contributed by atoms with E-state index >= 15 is 0 Å². The highest BCUT2D eigenvalue weighted by Crippen LogP contribution is 2.06. The number of carbonyl (C=O) groups excluding carboxylic acids is 1. The topological polar surface area (TPSA) is 48.0 Å². The van der Waals surface area contributed by atoms with Gasteiger partial charge in [-0.2, -0.15) is 5.10 Å². The van der Waals surface area contributed by atoms with Gasteiger partial charge in [0, 0.05) is 19.7 Å². The summed E-state index contributed by atoms with van der Waals surface area (Å²) in [4.78, 5) is 11.6. The standard InChI is InChI=1S/C10H10N2O2/c1-12-6-9(5-11-12)10(13)4-8-2-3-14-7-8/h2-3,5-7H,4H2,1H3. The molecule has 0 aliphatic heterocycles. The van der Waals surface area contributed by atoms with E-state index < -0.39 is 0 Å². The van der Waals surface area contributed by atoms with Crippen LogP contribution >= 0.6 is 0 Å². The van der Waals surface area contributed by atoms with Crippen molar-refractivity contribution in [3.05, 3.63) is 42.1 Å². The van der Waals surface area contributed by atoms with Gasteiger partial charge < -0.3 is 4.42 Å². The summed E-state index contributed by atoms with van der Waals surface area (Å²) in [5.74, 6) is 0.0551. The van der Waals surface area contributed by atoms with E-state index in [1.54, 1.807) is 42.7 Å². The first kappa shape index (κ1) is 8.74. The monoisotopic (exact) mass is 190 g/mol. The van der Waals surface area contributed by atoms with Gasteiger partial charge in [-0.15, -0.1) is 0 Å². The minimum atomic E-state index is 0.0551. The number of carbonyl (C=O) groups is 1. The second-order valence-electron chi connectivity index (χ2n) is 3.13. The van der Waals surface area contributed by atoms with Crippen molar-refractivity contribution in [3.8, 4) is 0 Å². The molecule has 0 aliphatic rings. The molecule has 0 fully saturated rings. The Labute approximate surface area is 81.1 Å². The van der Waals surface area contributed by atoms with Crippen molar-refractivity contribution in [2.75, 3.05) is 0 Å². The van der Waals surface area contributed by atoms with E-state index in [1.165, 1.54) is 0 Å². The Morgan fingerprint density at radius 3 is 3.07 bits per heavy atom. The van der Waals surface area contributed by atoms with E-state index in [1.807, 2.05) is 0 Å². The fourth-order valence-electron chi connectivity index (χ4n) is 1.25. The zero-order valence-corrected chi connectivity index (χ0v) is 7.80. The Bertz CT molecular complexity index is 429. The Morgan fingerprint density at radius 1 is 1.64 bits per heavy atom. The molecule has 2 aromatic heterocycles. The lowest BCUT2D eigenvalue weighted by atomic mass is 10.1. The van der Waals surface area contributed by atoms with Crippen molar-refractivity contribution in [2.45, 2.75) is 6.42 Å². The molecule has 2 rings (SSSR count).